The Hall–Kier alpha value is -1.32. The topological polar surface area (TPSA) is 21.3 Å². The van der Waals surface area contributed by atoms with Crippen molar-refractivity contribution in [2.45, 2.75) is 19.9 Å². The molecule has 0 bridgehead atoms. The Bertz CT molecular complexity index is 539. The van der Waals surface area contributed by atoms with Crippen LogP contribution in [0.25, 0.3) is 0 Å². The van der Waals surface area contributed by atoms with Crippen LogP contribution in [0.1, 0.15) is 31.0 Å². The minimum absolute atomic E-state index is 0.149. The van der Waals surface area contributed by atoms with Gasteiger partial charge in [0.05, 0.1) is 12.6 Å². The van der Waals surface area contributed by atoms with Crippen LogP contribution in [0.5, 0.6) is 5.75 Å². The molecule has 2 aromatic carbocycles. The summed E-state index contributed by atoms with van der Waals surface area (Å²) in [5.74, 6) is 0.948. The number of halogens is 1. The third-order valence-electron chi connectivity index (χ3n) is 3.14. The van der Waals surface area contributed by atoms with Crippen molar-refractivity contribution >= 4 is 15.9 Å². The van der Waals surface area contributed by atoms with Gasteiger partial charge >= 0.3 is 0 Å². The van der Waals surface area contributed by atoms with Gasteiger partial charge in [-0.2, -0.15) is 0 Å². The van der Waals surface area contributed by atoms with Gasteiger partial charge in [0.2, 0.25) is 0 Å². The van der Waals surface area contributed by atoms with Gasteiger partial charge in [0.25, 0.3) is 0 Å². The molecule has 0 fully saturated rings. The van der Waals surface area contributed by atoms with Crippen LogP contribution in [0.4, 0.5) is 0 Å². The average Bonchev–Trinajstić information content (AvgIpc) is 2.47. The van der Waals surface area contributed by atoms with Crippen LogP contribution in [0.3, 0.4) is 0 Å². The zero-order chi connectivity index (χ0) is 14.4. The van der Waals surface area contributed by atoms with Crippen molar-refractivity contribution in [3.63, 3.8) is 0 Å². The summed E-state index contributed by atoms with van der Waals surface area (Å²) in [6.45, 7) is 5.71. The molecule has 0 heterocycles. The Morgan fingerprint density at radius 1 is 1.05 bits per heavy atom. The normalized spacial score (nSPS) is 12.2. The van der Waals surface area contributed by atoms with Gasteiger partial charge in [-0.15, -0.1) is 0 Å². The molecule has 0 radical (unpaired) electrons. The monoisotopic (exact) mass is 333 g/mol. The van der Waals surface area contributed by atoms with Crippen molar-refractivity contribution in [2.24, 2.45) is 0 Å². The Labute approximate surface area is 129 Å². The largest absolute Gasteiger partial charge is 0.494 e. The molecule has 0 saturated heterocycles. The smallest absolute Gasteiger partial charge is 0.124 e. The van der Waals surface area contributed by atoms with Gasteiger partial charge in [0.15, 0.2) is 0 Å². The Balaban J connectivity index is 2.40. The summed E-state index contributed by atoms with van der Waals surface area (Å²) in [6.07, 6.45) is 0. The van der Waals surface area contributed by atoms with Gasteiger partial charge in [-0.1, -0.05) is 53.2 Å². The maximum absolute atomic E-state index is 5.76. The minimum Gasteiger partial charge on any atom is -0.494 e. The van der Waals surface area contributed by atoms with E-state index in [0.717, 1.165) is 16.8 Å². The van der Waals surface area contributed by atoms with Crippen molar-refractivity contribution in [3.8, 4) is 5.75 Å². The van der Waals surface area contributed by atoms with E-state index in [-0.39, 0.29) is 6.04 Å². The Morgan fingerprint density at radius 3 is 2.40 bits per heavy atom. The van der Waals surface area contributed by atoms with Crippen molar-refractivity contribution in [1.82, 2.24) is 5.32 Å². The van der Waals surface area contributed by atoms with Gasteiger partial charge in [0.1, 0.15) is 5.75 Å². The first kappa shape index (κ1) is 15.1. The van der Waals surface area contributed by atoms with E-state index in [4.69, 9.17) is 4.74 Å². The summed E-state index contributed by atoms with van der Waals surface area (Å²) in [5, 5.41) is 3.54. The van der Waals surface area contributed by atoms with Crippen molar-refractivity contribution in [3.05, 3.63) is 64.1 Å². The summed E-state index contributed by atoms with van der Waals surface area (Å²) < 4.78 is 6.85. The molecular weight excluding hydrogens is 314 g/mol. The summed E-state index contributed by atoms with van der Waals surface area (Å²) in [5.41, 5.74) is 2.42. The number of hydrogen-bond acceptors (Lipinski definition) is 2. The number of ether oxygens (including phenoxy) is 1. The predicted molar refractivity (Wildman–Crippen MR) is 87.3 cm³/mol. The number of benzene rings is 2. The highest BCUT2D eigenvalue weighted by Gasteiger charge is 2.16. The second kappa shape index (κ2) is 7.46. The second-order valence-corrected chi connectivity index (χ2v) is 5.43. The summed E-state index contributed by atoms with van der Waals surface area (Å²) in [4.78, 5) is 0. The van der Waals surface area contributed by atoms with Crippen molar-refractivity contribution in [1.29, 1.82) is 0 Å². The van der Waals surface area contributed by atoms with E-state index in [0.29, 0.717) is 6.61 Å². The summed E-state index contributed by atoms with van der Waals surface area (Å²) >= 11 is 3.48. The Kier molecular flexibility index (Phi) is 5.62. The van der Waals surface area contributed by atoms with Crippen LogP contribution >= 0.6 is 15.9 Å². The highest BCUT2D eigenvalue weighted by atomic mass is 79.9. The molecule has 2 aromatic rings. The quantitative estimate of drug-likeness (QED) is 0.837. The van der Waals surface area contributed by atoms with E-state index >= 15 is 0 Å². The summed E-state index contributed by atoms with van der Waals surface area (Å²) in [6, 6.07) is 16.8. The predicted octanol–water partition coefficient (Wildman–Crippen LogP) is 4.55. The zero-order valence-corrected chi connectivity index (χ0v) is 13.5. The standard InChI is InChI=1S/C17H20BrNO/c1-3-19-17(13-9-11-14(18)12-10-13)15-7-5-6-8-16(15)20-4-2/h5-12,17,19H,3-4H2,1-2H3. The molecule has 20 heavy (non-hydrogen) atoms. The number of rotatable bonds is 6. The molecule has 0 aromatic heterocycles. The molecule has 1 atom stereocenters. The van der Waals surface area contributed by atoms with Crippen LogP contribution < -0.4 is 10.1 Å². The van der Waals surface area contributed by atoms with Crippen molar-refractivity contribution in [2.75, 3.05) is 13.2 Å². The number of para-hydroxylation sites is 1. The fourth-order valence-corrected chi connectivity index (χ4v) is 2.54. The molecule has 0 aliphatic carbocycles. The molecule has 0 amide bonds. The molecule has 1 unspecified atom stereocenters. The molecule has 0 aliphatic heterocycles. The first-order valence-electron chi connectivity index (χ1n) is 6.96. The lowest BCUT2D eigenvalue weighted by molar-refractivity contribution is 0.333. The average molecular weight is 334 g/mol. The third kappa shape index (κ3) is 3.62. The first-order chi connectivity index (χ1) is 9.76. The fraction of sp³-hybridized carbons (Fsp3) is 0.294. The zero-order valence-electron chi connectivity index (χ0n) is 11.9. The molecule has 0 saturated carbocycles. The van der Waals surface area contributed by atoms with Gasteiger partial charge in [0, 0.05) is 10.0 Å². The number of hydrogen-bond donors (Lipinski definition) is 1. The molecule has 0 aliphatic rings. The van der Waals surface area contributed by atoms with E-state index in [2.05, 4.69) is 64.6 Å². The number of nitrogens with one attached hydrogen (secondary N) is 1. The Morgan fingerprint density at radius 2 is 1.75 bits per heavy atom. The van der Waals surface area contributed by atoms with E-state index in [9.17, 15) is 0 Å². The van der Waals surface area contributed by atoms with Gasteiger partial charge in [-0.3, -0.25) is 0 Å². The van der Waals surface area contributed by atoms with Crippen LogP contribution in [-0.4, -0.2) is 13.2 Å². The van der Waals surface area contributed by atoms with E-state index < -0.39 is 0 Å². The lowest BCUT2D eigenvalue weighted by Crippen LogP contribution is -2.22. The van der Waals surface area contributed by atoms with Crippen LogP contribution in [0, 0.1) is 0 Å². The maximum atomic E-state index is 5.76. The van der Waals surface area contributed by atoms with Gasteiger partial charge < -0.3 is 10.1 Å². The lowest BCUT2D eigenvalue weighted by Gasteiger charge is -2.21. The highest BCUT2D eigenvalue weighted by Crippen LogP contribution is 2.30. The van der Waals surface area contributed by atoms with E-state index in [1.54, 1.807) is 0 Å². The summed E-state index contributed by atoms with van der Waals surface area (Å²) in [7, 11) is 0. The van der Waals surface area contributed by atoms with E-state index in [1.165, 1.54) is 11.1 Å². The molecule has 3 heteroatoms. The molecule has 2 rings (SSSR count). The van der Waals surface area contributed by atoms with Crippen LogP contribution in [-0.2, 0) is 0 Å². The SMILES string of the molecule is CCNC(c1ccc(Br)cc1)c1ccccc1OCC. The first-order valence-corrected chi connectivity index (χ1v) is 7.76. The van der Waals surface area contributed by atoms with Crippen LogP contribution in [0.15, 0.2) is 53.0 Å². The fourth-order valence-electron chi connectivity index (χ4n) is 2.27. The van der Waals surface area contributed by atoms with Gasteiger partial charge in [-0.05, 0) is 37.2 Å². The van der Waals surface area contributed by atoms with Crippen LogP contribution in [0.2, 0.25) is 0 Å². The molecule has 1 N–H and O–H groups in total. The molecule has 106 valence electrons. The molecule has 2 nitrogen and oxygen atoms in total. The maximum Gasteiger partial charge on any atom is 0.124 e. The highest BCUT2D eigenvalue weighted by molar-refractivity contribution is 9.10. The molecular formula is C17H20BrNO. The second-order valence-electron chi connectivity index (χ2n) is 4.51. The third-order valence-corrected chi connectivity index (χ3v) is 3.67. The molecule has 0 spiro atoms. The van der Waals surface area contributed by atoms with Crippen molar-refractivity contribution < 1.29 is 4.74 Å². The minimum atomic E-state index is 0.149. The van der Waals surface area contributed by atoms with E-state index in [1.807, 2.05) is 19.1 Å². The van der Waals surface area contributed by atoms with Gasteiger partial charge in [-0.25, -0.2) is 0 Å². The lowest BCUT2D eigenvalue weighted by atomic mass is 9.98.